The minimum absolute atomic E-state index is 0.0177. The molecule has 0 radical (unpaired) electrons. The van der Waals surface area contributed by atoms with Gasteiger partial charge in [-0.05, 0) is 46.7 Å². The molecule has 5 rings (SSSR count). The van der Waals surface area contributed by atoms with E-state index in [2.05, 4.69) is 5.32 Å². The van der Waals surface area contributed by atoms with Crippen molar-refractivity contribution in [1.29, 1.82) is 0 Å². The van der Waals surface area contributed by atoms with Gasteiger partial charge in [0.05, 0.1) is 15.1 Å². The van der Waals surface area contributed by atoms with E-state index in [9.17, 15) is 14.4 Å². The van der Waals surface area contributed by atoms with Crippen LogP contribution in [-0.4, -0.2) is 24.1 Å². The Balaban J connectivity index is 1.42. The zero-order valence-corrected chi connectivity index (χ0v) is 25.0. The molecule has 1 heterocycles. The first-order valence-electron chi connectivity index (χ1n) is 13.1. The molecular weight excluding hydrogens is 573 g/mol. The van der Waals surface area contributed by atoms with Crippen molar-refractivity contribution in [2.24, 2.45) is 10.8 Å². The zero-order chi connectivity index (χ0) is 29.0. The molecule has 1 aliphatic heterocycles. The van der Waals surface area contributed by atoms with Gasteiger partial charge in [0.25, 0.3) is 5.91 Å². The summed E-state index contributed by atoms with van der Waals surface area (Å²) in [6, 6.07) is 9.93. The summed E-state index contributed by atoms with van der Waals surface area (Å²) in [5.41, 5.74) is 1.80. The lowest BCUT2D eigenvalue weighted by Crippen LogP contribution is -2.37. The standard InChI is InChI=1S/C31H30Cl3NO5/c1-30(2)11-21(36)28-24(13-30)40-25-14-31(3,4)12-22(37)29(25)27(28)16-5-8-23(20(34)9-16)39-15-26(38)35-17-6-7-18(32)19(33)10-17/h5-10,27H,11-15H2,1-4H3,(H,35,38). The number of carbonyl (C=O) groups is 3. The topological polar surface area (TPSA) is 81.7 Å². The van der Waals surface area contributed by atoms with Gasteiger partial charge in [-0.1, -0.05) is 68.6 Å². The van der Waals surface area contributed by atoms with Gasteiger partial charge in [-0.25, -0.2) is 0 Å². The number of nitrogens with one attached hydrogen (secondary N) is 1. The molecule has 0 spiro atoms. The number of hydrogen-bond donors (Lipinski definition) is 1. The van der Waals surface area contributed by atoms with Crippen LogP contribution in [0, 0.1) is 10.8 Å². The van der Waals surface area contributed by atoms with Gasteiger partial charge in [-0.15, -0.1) is 0 Å². The van der Waals surface area contributed by atoms with Gasteiger partial charge in [-0.2, -0.15) is 0 Å². The van der Waals surface area contributed by atoms with Crippen LogP contribution >= 0.6 is 34.8 Å². The smallest absolute Gasteiger partial charge is 0.262 e. The van der Waals surface area contributed by atoms with E-state index in [0.717, 1.165) is 0 Å². The van der Waals surface area contributed by atoms with E-state index in [1.54, 1.807) is 36.4 Å². The third kappa shape index (κ3) is 5.81. The summed E-state index contributed by atoms with van der Waals surface area (Å²) < 4.78 is 12.0. The van der Waals surface area contributed by atoms with Gasteiger partial charge in [0.2, 0.25) is 0 Å². The lowest BCUT2D eigenvalue weighted by atomic mass is 9.65. The molecule has 2 aromatic carbocycles. The van der Waals surface area contributed by atoms with Crippen LogP contribution in [0.4, 0.5) is 5.69 Å². The largest absolute Gasteiger partial charge is 0.482 e. The van der Waals surface area contributed by atoms with Crippen molar-refractivity contribution >= 4 is 58.0 Å². The zero-order valence-electron chi connectivity index (χ0n) is 22.8. The summed E-state index contributed by atoms with van der Waals surface area (Å²) in [4.78, 5) is 39.4. The second kappa shape index (κ2) is 10.6. The van der Waals surface area contributed by atoms with E-state index in [4.69, 9.17) is 44.3 Å². The van der Waals surface area contributed by atoms with E-state index >= 15 is 0 Å². The normalized spacial score (nSPS) is 20.1. The van der Waals surface area contributed by atoms with Crippen LogP contribution in [-0.2, 0) is 19.1 Å². The number of hydrogen-bond acceptors (Lipinski definition) is 5. The number of anilines is 1. The molecule has 0 saturated carbocycles. The number of Topliss-reactive ketones (excluding diaryl/α,β-unsaturated/α-hetero) is 2. The summed E-state index contributed by atoms with van der Waals surface area (Å²) in [6.45, 7) is 7.91. The molecule has 1 amide bonds. The fourth-order valence-electron chi connectivity index (χ4n) is 5.74. The van der Waals surface area contributed by atoms with E-state index < -0.39 is 11.8 Å². The highest BCUT2D eigenvalue weighted by Gasteiger charge is 2.47. The maximum Gasteiger partial charge on any atom is 0.262 e. The van der Waals surface area contributed by atoms with E-state index in [-0.39, 0.29) is 34.0 Å². The van der Waals surface area contributed by atoms with Crippen molar-refractivity contribution in [3.8, 4) is 5.75 Å². The van der Waals surface area contributed by atoms with Crippen molar-refractivity contribution in [3.05, 3.63) is 79.7 Å². The number of rotatable bonds is 5. The maximum atomic E-state index is 13.5. The third-order valence-electron chi connectivity index (χ3n) is 7.43. The number of halogens is 3. The molecule has 0 unspecified atom stereocenters. The average molecular weight is 603 g/mol. The quantitative estimate of drug-likeness (QED) is 0.374. The number of benzene rings is 2. The number of carbonyl (C=O) groups excluding carboxylic acids is 3. The number of amides is 1. The minimum Gasteiger partial charge on any atom is -0.482 e. The molecule has 1 N–H and O–H groups in total. The van der Waals surface area contributed by atoms with Crippen LogP contribution in [0.25, 0.3) is 0 Å². The average Bonchev–Trinajstić information content (AvgIpc) is 2.82. The molecule has 2 aliphatic carbocycles. The first kappa shape index (κ1) is 28.7. The van der Waals surface area contributed by atoms with Crippen molar-refractivity contribution < 1.29 is 23.9 Å². The Labute approximate surface area is 248 Å². The monoisotopic (exact) mass is 601 g/mol. The van der Waals surface area contributed by atoms with E-state index in [0.29, 0.717) is 75.4 Å². The molecule has 0 fully saturated rings. The van der Waals surface area contributed by atoms with Gasteiger partial charge >= 0.3 is 0 Å². The molecule has 9 heteroatoms. The molecule has 2 aromatic rings. The predicted octanol–water partition coefficient (Wildman–Crippen LogP) is 8.06. The Bertz CT molecular complexity index is 1450. The fraction of sp³-hybridized carbons (Fsp3) is 0.387. The van der Waals surface area contributed by atoms with Gasteiger partial charge < -0.3 is 14.8 Å². The van der Waals surface area contributed by atoms with Crippen molar-refractivity contribution in [1.82, 2.24) is 0 Å². The Morgan fingerprint density at radius 1 is 0.850 bits per heavy atom. The predicted molar refractivity (Wildman–Crippen MR) is 156 cm³/mol. The van der Waals surface area contributed by atoms with Crippen molar-refractivity contribution in [2.45, 2.75) is 59.3 Å². The second-order valence-corrected chi connectivity index (χ2v) is 13.5. The Kier molecular flexibility index (Phi) is 7.58. The summed E-state index contributed by atoms with van der Waals surface area (Å²) in [6.07, 6.45) is 1.96. The third-order valence-corrected chi connectivity index (χ3v) is 8.47. The SMILES string of the molecule is CC1(C)CC(=O)C2=C(C1)OC1=C(C(=O)CC(C)(C)C1)C2c1ccc(OCC(=O)Nc2ccc(Cl)c(Cl)c2)c(Cl)c1. The molecule has 0 aromatic heterocycles. The van der Waals surface area contributed by atoms with E-state index in [1.165, 1.54) is 0 Å². The van der Waals surface area contributed by atoms with Crippen LogP contribution in [0.1, 0.15) is 64.9 Å². The Morgan fingerprint density at radius 2 is 1.45 bits per heavy atom. The summed E-state index contributed by atoms with van der Waals surface area (Å²) in [5, 5.41) is 3.67. The van der Waals surface area contributed by atoms with Crippen LogP contribution in [0.15, 0.2) is 59.1 Å². The lowest BCUT2D eigenvalue weighted by Gasteiger charge is -2.42. The second-order valence-electron chi connectivity index (χ2n) is 12.2. The van der Waals surface area contributed by atoms with Crippen molar-refractivity contribution in [3.63, 3.8) is 0 Å². The van der Waals surface area contributed by atoms with Gasteiger partial charge in [-0.3, -0.25) is 14.4 Å². The van der Waals surface area contributed by atoms with Crippen LogP contribution < -0.4 is 10.1 Å². The molecular formula is C31H30Cl3NO5. The molecule has 0 bridgehead atoms. The fourth-order valence-corrected chi connectivity index (χ4v) is 6.28. The van der Waals surface area contributed by atoms with Gasteiger partial charge in [0, 0.05) is 48.4 Å². The summed E-state index contributed by atoms with van der Waals surface area (Å²) in [7, 11) is 0. The maximum absolute atomic E-state index is 13.5. The highest BCUT2D eigenvalue weighted by Crippen LogP contribution is 2.53. The van der Waals surface area contributed by atoms with Crippen molar-refractivity contribution in [2.75, 3.05) is 11.9 Å². The molecule has 6 nitrogen and oxygen atoms in total. The molecule has 40 heavy (non-hydrogen) atoms. The van der Waals surface area contributed by atoms with Crippen LogP contribution in [0.3, 0.4) is 0 Å². The first-order chi connectivity index (χ1) is 18.7. The van der Waals surface area contributed by atoms with Gasteiger partial charge in [0.1, 0.15) is 17.3 Å². The molecule has 0 saturated heterocycles. The van der Waals surface area contributed by atoms with Crippen LogP contribution in [0.5, 0.6) is 5.75 Å². The minimum atomic E-state index is -0.560. The highest BCUT2D eigenvalue weighted by atomic mass is 35.5. The highest BCUT2D eigenvalue weighted by molar-refractivity contribution is 6.42. The number of allylic oxidation sites excluding steroid dienone is 4. The summed E-state index contributed by atoms with van der Waals surface area (Å²) >= 11 is 18.6. The van der Waals surface area contributed by atoms with Gasteiger partial charge in [0.15, 0.2) is 18.2 Å². The van der Waals surface area contributed by atoms with Crippen LogP contribution in [0.2, 0.25) is 15.1 Å². The Morgan fingerprint density at radius 3 is 2.00 bits per heavy atom. The molecule has 0 atom stereocenters. The summed E-state index contributed by atoms with van der Waals surface area (Å²) in [5.74, 6) is 0.592. The number of ether oxygens (including phenoxy) is 2. The molecule has 210 valence electrons. The number of ketones is 2. The van der Waals surface area contributed by atoms with E-state index in [1.807, 2.05) is 27.7 Å². The lowest BCUT2D eigenvalue weighted by molar-refractivity contribution is -0.120. The molecule has 3 aliphatic rings. The first-order valence-corrected chi connectivity index (χ1v) is 14.2. The Hall–Kier alpha value is -2.80.